The first-order valence-electron chi connectivity index (χ1n) is 8.23. The van der Waals surface area contributed by atoms with E-state index in [9.17, 15) is 5.11 Å². The Morgan fingerprint density at radius 1 is 1.00 bits per heavy atom. The van der Waals surface area contributed by atoms with E-state index in [0.717, 1.165) is 38.4 Å². The Kier molecular flexibility index (Phi) is 4.45. The lowest BCUT2D eigenvalue weighted by atomic mass is 9.77. The zero-order valence-corrected chi connectivity index (χ0v) is 12.0. The molecular formula is C16H28O3. The van der Waals surface area contributed by atoms with Crippen LogP contribution in [0.1, 0.15) is 57.8 Å². The third kappa shape index (κ3) is 2.84. The van der Waals surface area contributed by atoms with Crippen LogP contribution in [0, 0.1) is 17.8 Å². The molecule has 2 atom stereocenters. The van der Waals surface area contributed by atoms with E-state index in [4.69, 9.17) is 9.47 Å². The highest BCUT2D eigenvalue weighted by Crippen LogP contribution is 2.50. The molecule has 1 heterocycles. The lowest BCUT2D eigenvalue weighted by Crippen LogP contribution is -2.38. The normalized spacial score (nSPS) is 35.2. The monoisotopic (exact) mass is 268 g/mol. The van der Waals surface area contributed by atoms with Crippen LogP contribution in [0.2, 0.25) is 0 Å². The average Bonchev–Trinajstić information content (AvgIpc) is 3.04. The van der Waals surface area contributed by atoms with Crippen molar-refractivity contribution in [3.63, 3.8) is 0 Å². The minimum absolute atomic E-state index is 0.280. The molecule has 1 spiro atoms. The molecule has 0 radical (unpaired) electrons. The number of ether oxygens (including phenoxy) is 2. The molecule has 3 rings (SSSR count). The SMILES string of the molecule is OCCC1CCC2(OCCO2)C1CC1CCCCC1. The molecule has 3 fully saturated rings. The van der Waals surface area contributed by atoms with Crippen LogP contribution in [0.25, 0.3) is 0 Å². The lowest BCUT2D eigenvalue weighted by molar-refractivity contribution is -0.191. The molecule has 1 N–H and O–H groups in total. The first-order valence-corrected chi connectivity index (χ1v) is 8.23. The van der Waals surface area contributed by atoms with E-state index in [1.165, 1.54) is 38.5 Å². The van der Waals surface area contributed by atoms with Crippen molar-refractivity contribution in [1.82, 2.24) is 0 Å². The van der Waals surface area contributed by atoms with Crippen LogP contribution >= 0.6 is 0 Å². The molecule has 3 nitrogen and oxygen atoms in total. The van der Waals surface area contributed by atoms with Gasteiger partial charge in [0.15, 0.2) is 5.79 Å². The van der Waals surface area contributed by atoms with Crippen molar-refractivity contribution in [2.45, 2.75) is 63.6 Å². The maximum Gasteiger partial charge on any atom is 0.171 e. The van der Waals surface area contributed by atoms with E-state index in [0.29, 0.717) is 18.4 Å². The summed E-state index contributed by atoms with van der Waals surface area (Å²) in [5.74, 6) is 1.70. The Bertz CT molecular complexity index is 280. The van der Waals surface area contributed by atoms with Crippen molar-refractivity contribution in [3.8, 4) is 0 Å². The van der Waals surface area contributed by atoms with E-state index in [1.807, 2.05) is 0 Å². The van der Waals surface area contributed by atoms with Crippen LogP contribution in [0.4, 0.5) is 0 Å². The lowest BCUT2D eigenvalue weighted by Gasteiger charge is -2.35. The van der Waals surface area contributed by atoms with Gasteiger partial charge in [-0.3, -0.25) is 0 Å². The van der Waals surface area contributed by atoms with E-state index < -0.39 is 0 Å². The van der Waals surface area contributed by atoms with Crippen molar-refractivity contribution in [2.24, 2.45) is 17.8 Å². The van der Waals surface area contributed by atoms with Gasteiger partial charge in [0.2, 0.25) is 0 Å². The number of rotatable bonds is 4. The van der Waals surface area contributed by atoms with Gasteiger partial charge in [0, 0.05) is 18.9 Å². The molecule has 0 bridgehead atoms. The molecule has 2 saturated carbocycles. The van der Waals surface area contributed by atoms with E-state index in [1.54, 1.807) is 0 Å². The van der Waals surface area contributed by atoms with Crippen LogP contribution in [-0.2, 0) is 9.47 Å². The zero-order chi connectivity index (χ0) is 13.1. The summed E-state index contributed by atoms with van der Waals surface area (Å²) in [6.07, 6.45) is 11.4. The first kappa shape index (κ1) is 13.8. The van der Waals surface area contributed by atoms with Gasteiger partial charge in [-0.05, 0) is 31.1 Å². The van der Waals surface area contributed by atoms with Crippen molar-refractivity contribution in [2.75, 3.05) is 19.8 Å². The maximum absolute atomic E-state index is 9.30. The van der Waals surface area contributed by atoms with Gasteiger partial charge in [-0.1, -0.05) is 32.1 Å². The largest absolute Gasteiger partial charge is 0.396 e. The molecule has 2 aliphatic carbocycles. The van der Waals surface area contributed by atoms with Gasteiger partial charge < -0.3 is 14.6 Å². The summed E-state index contributed by atoms with van der Waals surface area (Å²) in [6, 6.07) is 0. The van der Waals surface area contributed by atoms with Gasteiger partial charge in [0.05, 0.1) is 13.2 Å². The van der Waals surface area contributed by atoms with E-state index in [-0.39, 0.29) is 5.79 Å². The fourth-order valence-corrected chi connectivity index (χ4v) is 4.63. The minimum atomic E-state index is -0.280. The van der Waals surface area contributed by atoms with Crippen LogP contribution in [0.5, 0.6) is 0 Å². The quantitative estimate of drug-likeness (QED) is 0.851. The number of aliphatic hydroxyl groups excluding tert-OH is 1. The van der Waals surface area contributed by atoms with Crippen LogP contribution in [0.3, 0.4) is 0 Å². The Labute approximate surface area is 116 Å². The van der Waals surface area contributed by atoms with Gasteiger partial charge in [-0.2, -0.15) is 0 Å². The summed E-state index contributed by atoms with van der Waals surface area (Å²) in [5, 5.41) is 9.30. The molecule has 0 aromatic heterocycles. The highest BCUT2D eigenvalue weighted by Gasteiger charge is 2.52. The molecule has 110 valence electrons. The summed E-state index contributed by atoms with van der Waals surface area (Å²) in [6.45, 7) is 1.82. The molecule has 3 heteroatoms. The number of hydrogen-bond acceptors (Lipinski definition) is 3. The molecular weight excluding hydrogens is 240 g/mol. The Morgan fingerprint density at radius 3 is 2.42 bits per heavy atom. The summed E-state index contributed by atoms with van der Waals surface area (Å²) in [5.41, 5.74) is 0. The molecule has 1 aliphatic heterocycles. The maximum atomic E-state index is 9.30. The summed E-state index contributed by atoms with van der Waals surface area (Å²) in [7, 11) is 0. The highest BCUT2D eigenvalue weighted by molar-refractivity contribution is 4.95. The van der Waals surface area contributed by atoms with E-state index >= 15 is 0 Å². The van der Waals surface area contributed by atoms with Gasteiger partial charge in [0.1, 0.15) is 0 Å². The summed E-state index contributed by atoms with van der Waals surface area (Å²) < 4.78 is 12.1. The Balaban J connectivity index is 1.68. The second-order valence-corrected chi connectivity index (χ2v) is 6.67. The van der Waals surface area contributed by atoms with Crippen LogP contribution in [-0.4, -0.2) is 30.7 Å². The molecule has 19 heavy (non-hydrogen) atoms. The molecule has 0 aromatic rings. The fraction of sp³-hybridized carbons (Fsp3) is 1.00. The van der Waals surface area contributed by atoms with Crippen LogP contribution < -0.4 is 0 Å². The third-order valence-corrected chi connectivity index (χ3v) is 5.59. The van der Waals surface area contributed by atoms with Gasteiger partial charge in [-0.15, -0.1) is 0 Å². The topological polar surface area (TPSA) is 38.7 Å². The van der Waals surface area contributed by atoms with Gasteiger partial charge >= 0.3 is 0 Å². The van der Waals surface area contributed by atoms with Crippen molar-refractivity contribution < 1.29 is 14.6 Å². The number of hydrogen-bond donors (Lipinski definition) is 1. The molecule has 2 unspecified atom stereocenters. The van der Waals surface area contributed by atoms with Crippen LogP contribution in [0.15, 0.2) is 0 Å². The second-order valence-electron chi connectivity index (χ2n) is 6.67. The summed E-state index contributed by atoms with van der Waals surface area (Å²) in [4.78, 5) is 0. The Morgan fingerprint density at radius 2 is 1.74 bits per heavy atom. The number of aliphatic hydroxyl groups is 1. The van der Waals surface area contributed by atoms with E-state index in [2.05, 4.69) is 0 Å². The molecule has 0 aromatic carbocycles. The highest BCUT2D eigenvalue weighted by atomic mass is 16.7. The van der Waals surface area contributed by atoms with Crippen molar-refractivity contribution >= 4 is 0 Å². The first-order chi connectivity index (χ1) is 9.34. The average molecular weight is 268 g/mol. The molecule has 1 saturated heterocycles. The predicted octanol–water partition coefficient (Wildman–Crippen LogP) is 3.11. The minimum Gasteiger partial charge on any atom is -0.396 e. The van der Waals surface area contributed by atoms with Gasteiger partial charge in [-0.25, -0.2) is 0 Å². The second kappa shape index (κ2) is 6.11. The van der Waals surface area contributed by atoms with Gasteiger partial charge in [0.25, 0.3) is 0 Å². The predicted molar refractivity (Wildman–Crippen MR) is 73.7 cm³/mol. The van der Waals surface area contributed by atoms with Crippen molar-refractivity contribution in [3.05, 3.63) is 0 Å². The Hall–Kier alpha value is -0.120. The van der Waals surface area contributed by atoms with Crippen molar-refractivity contribution in [1.29, 1.82) is 0 Å². The smallest absolute Gasteiger partial charge is 0.171 e. The summed E-state index contributed by atoms with van der Waals surface area (Å²) >= 11 is 0. The fourth-order valence-electron chi connectivity index (χ4n) is 4.63. The third-order valence-electron chi connectivity index (χ3n) is 5.59. The molecule has 0 amide bonds. The molecule has 3 aliphatic rings. The standard InChI is InChI=1S/C16H28O3/c17-9-7-14-6-8-16(18-10-11-19-16)15(14)12-13-4-2-1-3-5-13/h13-15,17H,1-12H2. The zero-order valence-electron chi connectivity index (χ0n) is 12.0.